The maximum absolute atomic E-state index is 12.2. The van der Waals surface area contributed by atoms with Crippen LogP contribution in [0.2, 0.25) is 0 Å². The van der Waals surface area contributed by atoms with Gasteiger partial charge in [-0.15, -0.1) is 0 Å². The Morgan fingerprint density at radius 1 is 1.16 bits per heavy atom. The predicted molar refractivity (Wildman–Crippen MR) is 91.7 cm³/mol. The number of hydrogen-bond acceptors (Lipinski definition) is 5. The molecule has 0 radical (unpaired) electrons. The van der Waals surface area contributed by atoms with Crippen LogP contribution in [0.5, 0.6) is 0 Å². The molecule has 8 heteroatoms. The van der Waals surface area contributed by atoms with Crippen LogP contribution < -0.4 is 5.32 Å². The number of amides is 1. The predicted octanol–water partition coefficient (Wildman–Crippen LogP) is 1.42. The Labute approximate surface area is 146 Å². The number of aliphatic carboxylic acids is 1. The van der Waals surface area contributed by atoms with Crippen LogP contribution >= 0.6 is 0 Å². The molecule has 0 atom stereocenters. The van der Waals surface area contributed by atoms with Gasteiger partial charge in [0.25, 0.3) is 5.95 Å². The van der Waals surface area contributed by atoms with Crippen molar-refractivity contribution in [2.24, 2.45) is 0 Å². The number of carboxylic acid groups (broad SMARTS) is 1. The average molecular weight is 345 g/mol. The highest BCUT2D eigenvalue weighted by molar-refractivity contribution is 5.87. The largest absolute Gasteiger partial charge is 0.480 e. The van der Waals surface area contributed by atoms with Gasteiger partial charge in [0, 0.05) is 22.6 Å². The van der Waals surface area contributed by atoms with E-state index in [0.29, 0.717) is 11.6 Å². The van der Waals surface area contributed by atoms with E-state index in [0.717, 1.165) is 22.6 Å². The number of hydrogen-bond donors (Lipinski definition) is 2. The summed E-state index contributed by atoms with van der Waals surface area (Å²) >= 11 is 0. The minimum atomic E-state index is -1.33. The van der Waals surface area contributed by atoms with Gasteiger partial charge in [-0.25, -0.2) is 19.4 Å². The molecule has 2 N–H and O–H groups in total. The highest BCUT2D eigenvalue weighted by atomic mass is 16.4. The Hall–Kier alpha value is -2.77. The molecule has 2 aromatic rings. The number of carbonyl (C=O) groups excluding carboxylic acids is 1. The van der Waals surface area contributed by atoms with Crippen molar-refractivity contribution in [2.45, 2.75) is 53.5 Å². The van der Waals surface area contributed by atoms with Gasteiger partial charge in [0.2, 0.25) is 5.91 Å². The van der Waals surface area contributed by atoms with Gasteiger partial charge in [-0.2, -0.15) is 5.10 Å². The third-order valence-electron chi connectivity index (χ3n) is 3.93. The summed E-state index contributed by atoms with van der Waals surface area (Å²) in [6, 6.07) is 1.87. The van der Waals surface area contributed by atoms with Crippen LogP contribution in [0, 0.1) is 27.7 Å². The van der Waals surface area contributed by atoms with Gasteiger partial charge >= 0.3 is 5.97 Å². The molecule has 0 aliphatic carbocycles. The van der Waals surface area contributed by atoms with Gasteiger partial charge in [-0.1, -0.05) is 0 Å². The zero-order valence-corrected chi connectivity index (χ0v) is 15.3. The van der Waals surface area contributed by atoms with Crippen LogP contribution in [0.15, 0.2) is 6.07 Å². The summed E-state index contributed by atoms with van der Waals surface area (Å²) in [6.07, 6.45) is 0.0408. The molecule has 0 saturated carbocycles. The molecule has 0 aliphatic rings. The van der Waals surface area contributed by atoms with E-state index in [4.69, 9.17) is 5.11 Å². The molecule has 134 valence electrons. The number of aryl methyl sites for hydroxylation is 3. The van der Waals surface area contributed by atoms with Gasteiger partial charge < -0.3 is 10.4 Å². The van der Waals surface area contributed by atoms with Gasteiger partial charge in [0.05, 0.1) is 12.1 Å². The summed E-state index contributed by atoms with van der Waals surface area (Å²) in [4.78, 5) is 32.2. The quantitative estimate of drug-likeness (QED) is 0.848. The fourth-order valence-corrected chi connectivity index (χ4v) is 2.53. The van der Waals surface area contributed by atoms with Crippen molar-refractivity contribution in [3.63, 3.8) is 0 Å². The van der Waals surface area contributed by atoms with Crippen LogP contribution in [0.4, 0.5) is 0 Å². The first-order chi connectivity index (χ1) is 11.5. The summed E-state index contributed by atoms with van der Waals surface area (Å²) in [7, 11) is 0. The minimum absolute atomic E-state index is 0.0408. The second-order valence-corrected chi connectivity index (χ2v) is 6.67. The lowest BCUT2D eigenvalue weighted by molar-refractivity contribution is -0.145. The molecule has 1 amide bonds. The molecular weight excluding hydrogens is 322 g/mol. The van der Waals surface area contributed by atoms with E-state index in [1.807, 2.05) is 26.8 Å². The van der Waals surface area contributed by atoms with Crippen molar-refractivity contribution < 1.29 is 14.7 Å². The van der Waals surface area contributed by atoms with E-state index < -0.39 is 11.5 Å². The SMILES string of the molecule is Cc1cc(C)nc(-n2nc(C)c(CC(=O)NC(C)(C)C(=O)O)c2C)n1. The maximum atomic E-state index is 12.2. The van der Waals surface area contributed by atoms with Crippen LogP contribution in [-0.4, -0.2) is 42.3 Å². The number of carbonyl (C=O) groups is 2. The molecule has 0 spiro atoms. The molecule has 0 unspecified atom stereocenters. The fraction of sp³-hybridized carbons (Fsp3) is 0.471. The lowest BCUT2D eigenvalue weighted by Crippen LogP contribution is -2.50. The summed E-state index contributed by atoms with van der Waals surface area (Å²) in [5.74, 6) is -1.01. The average Bonchev–Trinajstić information content (AvgIpc) is 2.73. The molecule has 0 bridgehead atoms. The Balaban J connectivity index is 2.31. The number of nitrogens with zero attached hydrogens (tertiary/aromatic N) is 4. The van der Waals surface area contributed by atoms with Crippen LogP contribution in [0.3, 0.4) is 0 Å². The molecule has 0 aliphatic heterocycles. The molecular formula is C17H23N5O3. The summed E-state index contributed by atoms with van der Waals surface area (Å²) in [5.41, 5.74) is 2.51. The highest BCUT2D eigenvalue weighted by Crippen LogP contribution is 2.17. The Morgan fingerprint density at radius 2 is 1.72 bits per heavy atom. The lowest BCUT2D eigenvalue weighted by Gasteiger charge is -2.21. The van der Waals surface area contributed by atoms with Crippen molar-refractivity contribution in [1.82, 2.24) is 25.1 Å². The fourth-order valence-electron chi connectivity index (χ4n) is 2.53. The van der Waals surface area contributed by atoms with Gasteiger partial charge in [-0.3, -0.25) is 4.79 Å². The van der Waals surface area contributed by atoms with E-state index in [1.165, 1.54) is 13.8 Å². The monoisotopic (exact) mass is 345 g/mol. The summed E-state index contributed by atoms with van der Waals surface area (Å²) in [5, 5.41) is 16.1. The number of nitrogens with one attached hydrogen (secondary N) is 1. The topological polar surface area (TPSA) is 110 Å². The third kappa shape index (κ3) is 4.01. The van der Waals surface area contributed by atoms with Crippen molar-refractivity contribution in [1.29, 1.82) is 0 Å². The van der Waals surface area contributed by atoms with E-state index in [9.17, 15) is 9.59 Å². The van der Waals surface area contributed by atoms with Gasteiger partial charge in [0.1, 0.15) is 5.54 Å². The first kappa shape index (κ1) is 18.6. The molecule has 2 aromatic heterocycles. The summed E-state index contributed by atoms with van der Waals surface area (Å²) < 4.78 is 1.61. The Morgan fingerprint density at radius 3 is 2.24 bits per heavy atom. The van der Waals surface area contributed by atoms with E-state index >= 15 is 0 Å². The molecule has 8 nitrogen and oxygen atoms in total. The van der Waals surface area contributed by atoms with E-state index in [1.54, 1.807) is 11.6 Å². The molecule has 25 heavy (non-hydrogen) atoms. The first-order valence-corrected chi connectivity index (χ1v) is 7.93. The highest BCUT2D eigenvalue weighted by Gasteiger charge is 2.29. The zero-order valence-electron chi connectivity index (χ0n) is 15.3. The number of carboxylic acids is 1. The van der Waals surface area contributed by atoms with Crippen molar-refractivity contribution >= 4 is 11.9 Å². The van der Waals surface area contributed by atoms with Crippen molar-refractivity contribution in [3.8, 4) is 5.95 Å². The zero-order chi connectivity index (χ0) is 18.9. The van der Waals surface area contributed by atoms with Gasteiger partial charge in [0.15, 0.2) is 0 Å². The smallest absolute Gasteiger partial charge is 0.328 e. The first-order valence-electron chi connectivity index (χ1n) is 7.93. The molecule has 0 aromatic carbocycles. The molecule has 2 heterocycles. The standard InChI is InChI=1S/C17H23N5O3/c1-9-7-10(2)19-16(18-9)22-12(4)13(11(3)21-22)8-14(23)20-17(5,6)15(24)25/h7H,8H2,1-6H3,(H,20,23)(H,24,25). The second-order valence-electron chi connectivity index (χ2n) is 6.67. The van der Waals surface area contributed by atoms with Crippen LogP contribution in [0.1, 0.15) is 42.2 Å². The number of aromatic nitrogens is 4. The lowest BCUT2D eigenvalue weighted by atomic mass is 10.0. The Bertz CT molecular complexity index is 819. The maximum Gasteiger partial charge on any atom is 0.328 e. The van der Waals surface area contributed by atoms with Gasteiger partial charge in [-0.05, 0) is 47.6 Å². The van der Waals surface area contributed by atoms with Crippen molar-refractivity contribution in [2.75, 3.05) is 0 Å². The normalized spacial score (nSPS) is 11.4. The third-order valence-corrected chi connectivity index (χ3v) is 3.93. The molecule has 0 fully saturated rings. The van der Waals surface area contributed by atoms with Crippen LogP contribution in [-0.2, 0) is 16.0 Å². The second kappa shape index (κ2) is 6.62. The Kier molecular flexibility index (Phi) is 4.92. The summed E-state index contributed by atoms with van der Waals surface area (Å²) in [6.45, 7) is 10.3. The minimum Gasteiger partial charge on any atom is -0.480 e. The molecule has 0 saturated heterocycles. The van der Waals surface area contributed by atoms with Crippen molar-refractivity contribution in [3.05, 3.63) is 34.4 Å². The van der Waals surface area contributed by atoms with E-state index in [-0.39, 0.29) is 12.3 Å². The van der Waals surface area contributed by atoms with Crippen LogP contribution in [0.25, 0.3) is 5.95 Å². The number of rotatable bonds is 5. The molecule has 2 rings (SSSR count). The van der Waals surface area contributed by atoms with E-state index in [2.05, 4.69) is 20.4 Å².